The summed E-state index contributed by atoms with van der Waals surface area (Å²) in [6.07, 6.45) is 1.39. The number of phenols is 1. The lowest BCUT2D eigenvalue weighted by atomic mass is 10.0. The molecule has 2 nitrogen and oxygen atoms in total. The molecular formula is C11H14O2. The number of hydrogen-bond donors (Lipinski definition) is 1. The van der Waals surface area contributed by atoms with E-state index in [1.807, 2.05) is 26.0 Å². The van der Waals surface area contributed by atoms with Crippen molar-refractivity contribution in [3.63, 3.8) is 0 Å². The van der Waals surface area contributed by atoms with E-state index < -0.39 is 0 Å². The van der Waals surface area contributed by atoms with E-state index >= 15 is 0 Å². The second-order valence-corrected chi connectivity index (χ2v) is 3.74. The van der Waals surface area contributed by atoms with Crippen molar-refractivity contribution < 1.29 is 9.84 Å². The minimum atomic E-state index is 0.417. The monoisotopic (exact) mass is 178 g/mol. The van der Waals surface area contributed by atoms with E-state index in [0.29, 0.717) is 11.9 Å². The molecule has 0 radical (unpaired) electrons. The molecule has 0 bridgehead atoms. The van der Waals surface area contributed by atoms with Crippen LogP contribution in [-0.4, -0.2) is 17.8 Å². The summed E-state index contributed by atoms with van der Waals surface area (Å²) in [7, 11) is 0. The zero-order valence-corrected chi connectivity index (χ0v) is 8.00. The van der Waals surface area contributed by atoms with Gasteiger partial charge in [0.05, 0.1) is 12.7 Å². The lowest BCUT2D eigenvalue weighted by molar-refractivity contribution is 0.407. The van der Waals surface area contributed by atoms with Crippen LogP contribution in [0.3, 0.4) is 0 Å². The van der Waals surface area contributed by atoms with Gasteiger partial charge in [-0.25, -0.2) is 0 Å². The molecule has 1 saturated heterocycles. The van der Waals surface area contributed by atoms with Gasteiger partial charge in [0.2, 0.25) is 0 Å². The Bertz CT molecular complexity index is 304. The maximum absolute atomic E-state index is 9.55. The number of aryl methyl sites for hydroxylation is 2. The molecule has 1 aliphatic rings. The standard InChI is InChI=1S/C11H14O2/c1-7-3-9(5-10-6-13-10)4-8(2)11(7)12/h3-4,10,12H,5-6H2,1-2H3. The molecule has 0 aliphatic carbocycles. The molecule has 1 atom stereocenters. The van der Waals surface area contributed by atoms with Crippen LogP contribution in [0.2, 0.25) is 0 Å². The maximum atomic E-state index is 9.55. The second kappa shape index (κ2) is 3.04. The predicted octanol–water partition coefficient (Wildman–Crippen LogP) is 1.95. The summed E-state index contributed by atoms with van der Waals surface area (Å²) >= 11 is 0. The van der Waals surface area contributed by atoms with Gasteiger partial charge in [0.1, 0.15) is 5.75 Å². The molecular weight excluding hydrogens is 164 g/mol. The van der Waals surface area contributed by atoms with E-state index in [0.717, 1.165) is 24.2 Å². The minimum absolute atomic E-state index is 0.417. The molecule has 1 N–H and O–H groups in total. The van der Waals surface area contributed by atoms with Crippen LogP contribution in [0, 0.1) is 13.8 Å². The topological polar surface area (TPSA) is 32.8 Å². The average molecular weight is 178 g/mol. The van der Waals surface area contributed by atoms with Crippen molar-refractivity contribution in [1.82, 2.24) is 0 Å². The van der Waals surface area contributed by atoms with Gasteiger partial charge < -0.3 is 9.84 Å². The van der Waals surface area contributed by atoms with Gasteiger partial charge in [0, 0.05) is 6.42 Å². The molecule has 70 valence electrons. The van der Waals surface area contributed by atoms with Crippen molar-refractivity contribution in [2.24, 2.45) is 0 Å². The predicted molar refractivity (Wildman–Crippen MR) is 51.0 cm³/mol. The summed E-state index contributed by atoms with van der Waals surface area (Å²) in [6, 6.07) is 4.06. The molecule has 1 aromatic carbocycles. The fraction of sp³-hybridized carbons (Fsp3) is 0.455. The first-order valence-electron chi connectivity index (χ1n) is 4.57. The highest BCUT2D eigenvalue weighted by molar-refractivity contribution is 5.42. The Balaban J connectivity index is 2.25. The van der Waals surface area contributed by atoms with Gasteiger partial charge in [-0.15, -0.1) is 0 Å². The van der Waals surface area contributed by atoms with Crippen molar-refractivity contribution in [1.29, 1.82) is 0 Å². The van der Waals surface area contributed by atoms with Crippen LogP contribution in [-0.2, 0) is 11.2 Å². The van der Waals surface area contributed by atoms with Gasteiger partial charge >= 0.3 is 0 Å². The van der Waals surface area contributed by atoms with Crippen LogP contribution in [0.15, 0.2) is 12.1 Å². The second-order valence-electron chi connectivity index (χ2n) is 3.74. The van der Waals surface area contributed by atoms with E-state index in [9.17, 15) is 5.11 Å². The molecule has 1 aromatic rings. The Morgan fingerprint density at radius 3 is 2.38 bits per heavy atom. The number of ether oxygens (including phenoxy) is 1. The molecule has 1 fully saturated rings. The highest BCUT2D eigenvalue weighted by Gasteiger charge is 2.22. The van der Waals surface area contributed by atoms with E-state index in [2.05, 4.69) is 0 Å². The van der Waals surface area contributed by atoms with Gasteiger partial charge in [-0.1, -0.05) is 12.1 Å². The van der Waals surface area contributed by atoms with Crippen molar-refractivity contribution >= 4 is 0 Å². The van der Waals surface area contributed by atoms with Crippen molar-refractivity contribution in [3.05, 3.63) is 28.8 Å². The normalized spacial score (nSPS) is 20.3. The lowest BCUT2D eigenvalue weighted by Crippen LogP contribution is -1.94. The van der Waals surface area contributed by atoms with Crippen LogP contribution in [0.1, 0.15) is 16.7 Å². The maximum Gasteiger partial charge on any atom is 0.121 e. The molecule has 1 unspecified atom stereocenters. The highest BCUT2D eigenvalue weighted by atomic mass is 16.6. The fourth-order valence-electron chi connectivity index (χ4n) is 1.61. The number of hydrogen-bond acceptors (Lipinski definition) is 2. The molecule has 0 amide bonds. The summed E-state index contributed by atoms with van der Waals surface area (Å²) in [4.78, 5) is 0. The first-order valence-corrected chi connectivity index (χ1v) is 4.57. The third kappa shape index (κ3) is 1.83. The van der Waals surface area contributed by atoms with Gasteiger partial charge in [0.25, 0.3) is 0 Å². The van der Waals surface area contributed by atoms with Gasteiger partial charge in [-0.2, -0.15) is 0 Å². The van der Waals surface area contributed by atoms with Gasteiger partial charge in [-0.3, -0.25) is 0 Å². The van der Waals surface area contributed by atoms with Crippen molar-refractivity contribution in [2.45, 2.75) is 26.4 Å². The Morgan fingerprint density at radius 2 is 1.92 bits per heavy atom. The Morgan fingerprint density at radius 1 is 1.38 bits per heavy atom. The SMILES string of the molecule is Cc1cc(CC2CO2)cc(C)c1O. The number of aromatic hydroxyl groups is 1. The van der Waals surface area contributed by atoms with E-state index in [1.54, 1.807) is 0 Å². The van der Waals surface area contributed by atoms with Gasteiger partial charge in [0.15, 0.2) is 0 Å². The molecule has 2 heteroatoms. The largest absolute Gasteiger partial charge is 0.507 e. The summed E-state index contributed by atoms with van der Waals surface area (Å²) in [5.41, 5.74) is 3.17. The summed E-state index contributed by atoms with van der Waals surface area (Å²) in [5.74, 6) is 0.417. The Labute approximate surface area is 78.2 Å². The number of phenolic OH excluding ortho intramolecular Hbond substituents is 1. The average Bonchev–Trinajstić information content (AvgIpc) is 2.84. The molecule has 13 heavy (non-hydrogen) atoms. The van der Waals surface area contributed by atoms with Gasteiger partial charge in [-0.05, 0) is 30.5 Å². The third-order valence-corrected chi connectivity index (χ3v) is 2.42. The van der Waals surface area contributed by atoms with Crippen LogP contribution in [0.4, 0.5) is 0 Å². The van der Waals surface area contributed by atoms with Crippen LogP contribution >= 0.6 is 0 Å². The lowest BCUT2D eigenvalue weighted by Gasteiger charge is -2.06. The van der Waals surface area contributed by atoms with Crippen molar-refractivity contribution in [2.75, 3.05) is 6.61 Å². The smallest absolute Gasteiger partial charge is 0.121 e. The molecule has 1 aliphatic heterocycles. The molecule has 0 aromatic heterocycles. The zero-order valence-electron chi connectivity index (χ0n) is 8.00. The molecule has 2 rings (SSSR count). The molecule has 0 spiro atoms. The van der Waals surface area contributed by atoms with E-state index in [1.165, 1.54) is 5.56 Å². The summed E-state index contributed by atoms with van der Waals surface area (Å²) in [5, 5.41) is 9.55. The van der Waals surface area contributed by atoms with E-state index in [-0.39, 0.29) is 0 Å². The number of rotatable bonds is 2. The fourth-order valence-corrected chi connectivity index (χ4v) is 1.61. The minimum Gasteiger partial charge on any atom is -0.507 e. The number of epoxide rings is 1. The number of benzene rings is 1. The Hall–Kier alpha value is -1.02. The Kier molecular flexibility index (Phi) is 2.00. The first-order chi connectivity index (χ1) is 6.16. The first kappa shape index (κ1) is 8.57. The molecule has 1 heterocycles. The highest BCUT2D eigenvalue weighted by Crippen LogP contribution is 2.25. The van der Waals surface area contributed by atoms with Crippen molar-refractivity contribution in [3.8, 4) is 5.75 Å². The third-order valence-electron chi connectivity index (χ3n) is 2.42. The van der Waals surface area contributed by atoms with Crippen LogP contribution < -0.4 is 0 Å². The summed E-state index contributed by atoms with van der Waals surface area (Å²) < 4.78 is 5.16. The summed E-state index contributed by atoms with van der Waals surface area (Å²) in [6.45, 7) is 4.75. The van der Waals surface area contributed by atoms with Crippen LogP contribution in [0.5, 0.6) is 5.75 Å². The van der Waals surface area contributed by atoms with Crippen LogP contribution in [0.25, 0.3) is 0 Å². The molecule has 0 saturated carbocycles. The van der Waals surface area contributed by atoms with E-state index in [4.69, 9.17) is 4.74 Å². The zero-order chi connectivity index (χ0) is 9.42. The quantitative estimate of drug-likeness (QED) is 0.702.